The summed E-state index contributed by atoms with van der Waals surface area (Å²) in [5, 5.41) is 2.85. The molecule has 0 heterocycles. The van der Waals surface area contributed by atoms with Gasteiger partial charge in [-0.3, -0.25) is 9.10 Å². The molecule has 1 aromatic rings. The summed E-state index contributed by atoms with van der Waals surface area (Å²) < 4.78 is 25.5. The molecule has 1 aliphatic carbocycles. The minimum Gasteiger partial charge on any atom is -0.351 e. The van der Waals surface area contributed by atoms with Crippen molar-refractivity contribution in [3.8, 4) is 0 Å². The number of sulfonamides is 1. The number of amides is 1. The number of nitrogens with one attached hydrogen (secondary N) is 1. The fraction of sp³-hybridized carbons (Fsp3) is 0.500. The third kappa shape index (κ3) is 5.09. The Morgan fingerprint density at radius 2 is 2.00 bits per heavy atom. The maximum Gasteiger partial charge on any atom is 0.241 e. The maximum absolute atomic E-state index is 12.3. The normalized spacial score (nSPS) is 14.8. The fourth-order valence-corrected chi connectivity index (χ4v) is 3.79. The Bertz CT molecular complexity index is 711. The average Bonchev–Trinajstić information content (AvgIpc) is 2.58. The fourth-order valence-electron chi connectivity index (χ4n) is 2.90. The Morgan fingerprint density at radius 1 is 1.25 bits per heavy atom. The molecule has 1 aliphatic rings. The number of para-hydroxylation sites is 1. The second kappa shape index (κ2) is 8.33. The van der Waals surface area contributed by atoms with Crippen molar-refractivity contribution in [2.75, 3.05) is 23.7 Å². The number of benzene rings is 1. The van der Waals surface area contributed by atoms with Crippen LogP contribution in [-0.4, -0.2) is 33.7 Å². The molecule has 0 spiro atoms. The molecular formula is C18H26N2O3S. The molecule has 0 bridgehead atoms. The molecule has 1 aromatic carbocycles. The van der Waals surface area contributed by atoms with Crippen molar-refractivity contribution in [2.45, 2.75) is 39.0 Å². The van der Waals surface area contributed by atoms with Gasteiger partial charge in [0.1, 0.15) is 6.54 Å². The highest BCUT2D eigenvalue weighted by Crippen LogP contribution is 2.23. The van der Waals surface area contributed by atoms with Crippen molar-refractivity contribution in [1.82, 2.24) is 5.32 Å². The SMILES string of the molecule is CCc1ccccc1N(CC(=O)NCC1=CCCCC1)S(C)(=O)=O. The Morgan fingerprint density at radius 3 is 2.62 bits per heavy atom. The van der Waals surface area contributed by atoms with E-state index in [1.165, 1.54) is 16.3 Å². The number of carbonyl (C=O) groups excluding carboxylic acids is 1. The van der Waals surface area contributed by atoms with E-state index in [0.29, 0.717) is 18.7 Å². The number of hydrogen-bond donors (Lipinski definition) is 1. The topological polar surface area (TPSA) is 66.5 Å². The number of anilines is 1. The number of carbonyl (C=O) groups is 1. The zero-order valence-corrected chi connectivity index (χ0v) is 15.2. The minimum absolute atomic E-state index is 0.191. The first-order valence-electron chi connectivity index (χ1n) is 8.42. The first-order chi connectivity index (χ1) is 11.4. The van der Waals surface area contributed by atoms with Gasteiger partial charge in [-0.1, -0.05) is 36.8 Å². The molecule has 132 valence electrons. The van der Waals surface area contributed by atoms with Crippen LogP contribution >= 0.6 is 0 Å². The molecule has 0 radical (unpaired) electrons. The second-order valence-electron chi connectivity index (χ2n) is 6.14. The summed E-state index contributed by atoms with van der Waals surface area (Å²) >= 11 is 0. The van der Waals surface area contributed by atoms with E-state index in [0.717, 1.165) is 31.1 Å². The van der Waals surface area contributed by atoms with E-state index in [-0.39, 0.29) is 12.5 Å². The molecule has 0 fully saturated rings. The van der Waals surface area contributed by atoms with Crippen LogP contribution in [0.2, 0.25) is 0 Å². The molecule has 0 saturated carbocycles. The quantitative estimate of drug-likeness (QED) is 0.769. The van der Waals surface area contributed by atoms with E-state index in [1.54, 1.807) is 12.1 Å². The lowest BCUT2D eigenvalue weighted by Crippen LogP contribution is -2.41. The van der Waals surface area contributed by atoms with Gasteiger partial charge in [0, 0.05) is 6.54 Å². The van der Waals surface area contributed by atoms with E-state index >= 15 is 0 Å². The van der Waals surface area contributed by atoms with Crippen molar-refractivity contribution in [2.24, 2.45) is 0 Å². The number of hydrogen-bond acceptors (Lipinski definition) is 3. The van der Waals surface area contributed by atoms with Crippen LogP contribution in [0.3, 0.4) is 0 Å². The molecule has 6 heteroatoms. The smallest absolute Gasteiger partial charge is 0.241 e. The molecule has 0 aliphatic heterocycles. The molecule has 0 saturated heterocycles. The zero-order chi connectivity index (χ0) is 17.6. The lowest BCUT2D eigenvalue weighted by Gasteiger charge is -2.24. The van der Waals surface area contributed by atoms with Gasteiger partial charge in [-0.15, -0.1) is 0 Å². The highest BCUT2D eigenvalue weighted by Gasteiger charge is 2.22. The van der Waals surface area contributed by atoms with E-state index in [4.69, 9.17) is 0 Å². The third-order valence-corrected chi connectivity index (χ3v) is 5.35. The predicted molar refractivity (Wildman–Crippen MR) is 97.6 cm³/mol. The Labute approximate surface area is 144 Å². The van der Waals surface area contributed by atoms with E-state index in [2.05, 4.69) is 11.4 Å². The molecule has 1 N–H and O–H groups in total. The summed E-state index contributed by atoms with van der Waals surface area (Å²) in [7, 11) is -3.53. The molecule has 5 nitrogen and oxygen atoms in total. The van der Waals surface area contributed by atoms with Gasteiger partial charge in [-0.25, -0.2) is 8.42 Å². The standard InChI is InChI=1S/C18H26N2O3S/c1-3-16-11-7-8-12-17(16)20(24(2,22)23)14-18(21)19-13-15-9-5-4-6-10-15/h7-9,11-12H,3-6,10,13-14H2,1-2H3,(H,19,21). The maximum atomic E-state index is 12.3. The lowest BCUT2D eigenvalue weighted by molar-refractivity contribution is -0.119. The zero-order valence-electron chi connectivity index (χ0n) is 14.4. The number of aryl methyl sites for hydroxylation is 1. The average molecular weight is 350 g/mol. The molecule has 0 atom stereocenters. The van der Waals surface area contributed by atoms with Gasteiger partial charge in [0.05, 0.1) is 11.9 Å². The van der Waals surface area contributed by atoms with Gasteiger partial charge in [0.15, 0.2) is 0 Å². The van der Waals surface area contributed by atoms with Crippen LogP contribution in [0.4, 0.5) is 5.69 Å². The first kappa shape index (κ1) is 18.5. The van der Waals surface area contributed by atoms with Gasteiger partial charge in [0.25, 0.3) is 0 Å². The van der Waals surface area contributed by atoms with Crippen LogP contribution in [0.1, 0.15) is 38.2 Å². The summed E-state index contributed by atoms with van der Waals surface area (Å²) in [6.07, 6.45) is 8.44. The van der Waals surface area contributed by atoms with Crippen LogP contribution in [0.5, 0.6) is 0 Å². The van der Waals surface area contributed by atoms with Gasteiger partial charge < -0.3 is 5.32 Å². The number of allylic oxidation sites excluding steroid dienone is 1. The minimum atomic E-state index is -3.53. The highest BCUT2D eigenvalue weighted by atomic mass is 32.2. The Hall–Kier alpha value is -1.82. The molecular weight excluding hydrogens is 324 g/mol. The summed E-state index contributed by atoms with van der Waals surface area (Å²) in [5.74, 6) is -0.280. The lowest BCUT2D eigenvalue weighted by atomic mass is 10.00. The molecule has 0 aromatic heterocycles. The third-order valence-electron chi connectivity index (χ3n) is 4.23. The second-order valence-corrected chi connectivity index (χ2v) is 8.04. The van der Waals surface area contributed by atoms with Crippen LogP contribution in [0.25, 0.3) is 0 Å². The largest absolute Gasteiger partial charge is 0.351 e. The van der Waals surface area contributed by atoms with Crippen LogP contribution < -0.4 is 9.62 Å². The summed E-state index contributed by atoms with van der Waals surface area (Å²) in [6.45, 7) is 2.28. The molecule has 24 heavy (non-hydrogen) atoms. The summed E-state index contributed by atoms with van der Waals surface area (Å²) in [5.41, 5.74) is 2.72. The van der Waals surface area contributed by atoms with Crippen molar-refractivity contribution in [3.63, 3.8) is 0 Å². The van der Waals surface area contributed by atoms with Gasteiger partial charge in [-0.05, 0) is 43.7 Å². The van der Waals surface area contributed by atoms with Crippen molar-refractivity contribution >= 4 is 21.6 Å². The van der Waals surface area contributed by atoms with E-state index in [1.807, 2.05) is 19.1 Å². The molecule has 2 rings (SSSR count). The Balaban J connectivity index is 2.09. The summed E-state index contributed by atoms with van der Waals surface area (Å²) in [6, 6.07) is 7.30. The highest BCUT2D eigenvalue weighted by molar-refractivity contribution is 7.92. The number of nitrogens with zero attached hydrogens (tertiary/aromatic N) is 1. The number of rotatable bonds is 7. The summed E-state index contributed by atoms with van der Waals surface area (Å²) in [4.78, 5) is 12.3. The van der Waals surface area contributed by atoms with E-state index < -0.39 is 10.0 Å². The van der Waals surface area contributed by atoms with Gasteiger partial charge in [0.2, 0.25) is 15.9 Å². The van der Waals surface area contributed by atoms with E-state index in [9.17, 15) is 13.2 Å². The van der Waals surface area contributed by atoms with Crippen LogP contribution in [0.15, 0.2) is 35.9 Å². The van der Waals surface area contributed by atoms with Crippen LogP contribution in [0, 0.1) is 0 Å². The van der Waals surface area contributed by atoms with Crippen LogP contribution in [-0.2, 0) is 21.2 Å². The van der Waals surface area contributed by atoms with Crippen molar-refractivity contribution in [1.29, 1.82) is 0 Å². The Kier molecular flexibility index (Phi) is 6.43. The first-order valence-corrected chi connectivity index (χ1v) is 10.3. The molecule has 1 amide bonds. The van der Waals surface area contributed by atoms with Crippen molar-refractivity contribution in [3.05, 3.63) is 41.5 Å². The van der Waals surface area contributed by atoms with Gasteiger partial charge in [-0.2, -0.15) is 0 Å². The predicted octanol–water partition coefficient (Wildman–Crippen LogP) is 2.63. The van der Waals surface area contributed by atoms with Gasteiger partial charge >= 0.3 is 0 Å². The molecule has 0 unspecified atom stereocenters. The monoisotopic (exact) mass is 350 g/mol. The van der Waals surface area contributed by atoms with Crippen molar-refractivity contribution < 1.29 is 13.2 Å².